The molecular weight excluding hydrogens is 488 g/mol. The third-order valence-corrected chi connectivity index (χ3v) is 8.24. The first-order valence-electron chi connectivity index (χ1n) is 12.3. The summed E-state index contributed by atoms with van der Waals surface area (Å²) in [5.74, 6) is 2.90. The Morgan fingerprint density at radius 3 is 2.15 bits per heavy atom. The van der Waals surface area contributed by atoms with E-state index in [1.165, 1.54) is 37.8 Å². The van der Waals surface area contributed by atoms with Crippen LogP contribution in [-0.2, 0) is 15.7 Å². The molecule has 0 bridgehead atoms. The molecule has 2 aliphatic carbocycles. The fourth-order valence-corrected chi connectivity index (χ4v) is 6.13. The molecule has 1 heterocycles. The van der Waals surface area contributed by atoms with Gasteiger partial charge in [-0.05, 0) is 87.3 Å². The van der Waals surface area contributed by atoms with E-state index in [0.29, 0.717) is 41.9 Å². The summed E-state index contributed by atoms with van der Waals surface area (Å²) in [7, 11) is 0. The van der Waals surface area contributed by atoms with Gasteiger partial charge in [-0.3, -0.25) is 0 Å². The van der Waals surface area contributed by atoms with Crippen LogP contribution in [0.4, 0.5) is 13.2 Å². The molecule has 1 aliphatic heterocycles. The minimum atomic E-state index is -4.46. The van der Waals surface area contributed by atoms with E-state index in [-0.39, 0.29) is 11.3 Å². The largest absolute Gasteiger partial charge is 0.493 e. The first-order valence-corrected chi connectivity index (χ1v) is 13.1. The van der Waals surface area contributed by atoms with Gasteiger partial charge < -0.3 is 14.2 Å². The van der Waals surface area contributed by atoms with Crippen LogP contribution in [0.3, 0.4) is 0 Å². The maximum absolute atomic E-state index is 12.9. The molecule has 2 saturated carbocycles. The van der Waals surface area contributed by atoms with E-state index in [1.807, 2.05) is 0 Å². The lowest BCUT2D eigenvalue weighted by Gasteiger charge is -2.41. The van der Waals surface area contributed by atoms with Crippen molar-refractivity contribution in [2.24, 2.45) is 29.6 Å². The zero-order valence-corrected chi connectivity index (χ0v) is 20.8. The SMILES string of the molecule is FC(F)(F)c1ccc(OCC2CCC(C3OCC(C4CCC(/C=C/Cl)CC4)CO3)CC2)cc1Cl. The van der Waals surface area contributed by atoms with Gasteiger partial charge in [-0.1, -0.05) is 29.3 Å². The minimum absolute atomic E-state index is 0.123. The summed E-state index contributed by atoms with van der Waals surface area (Å²) in [6.07, 6.45) is 6.33. The normalized spacial score (nSPS) is 33.2. The molecule has 0 N–H and O–H groups in total. The topological polar surface area (TPSA) is 27.7 Å². The average molecular weight is 521 g/mol. The second-order valence-corrected chi connectivity index (χ2v) is 10.7. The molecule has 3 nitrogen and oxygen atoms in total. The number of hydrogen-bond donors (Lipinski definition) is 0. The Labute approximate surface area is 209 Å². The van der Waals surface area contributed by atoms with Crippen LogP contribution in [0.5, 0.6) is 5.75 Å². The number of hydrogen-bond acceptors (Lipinski definition) is 3. The van der Waals surface area contributed by atoms with Crippen molar-refractivity contribution in [2.45, 2.75) is 63.8 Å². The molecule has 0 atom stereocenters. The lowest BCUT2D eigenvalue weighted by Crippen LogP contribution is -2.41. The second-order valence-electron chi connectivity index (χ2n) is 10.0. The van der Waals surface area contributed by atoms with Gasteiger partial charge in [-0.15, -0.1) is 0 Å². The number of allylic oxidation sites excluding steroid dienone is 1. The highest BCUT2D eigenvalue weighted by Gasteiger charge is 2.36. The highest BCUT2D eigenvalue weighted by atomic mass is 35.5. The van der Waals surface area contributed by atoms with Crippen molar-refractivity contribution in [3.05, 3.63) is 40.4 Å². The van der Waals surface area contributed by atoms with Gasteiger partial charge in [0.15, 0.2) is 6.29 Å². The monoisotopic (exact) mass is 520 g/mol. The van der Waals surface area contributed by atoms with Gasteiger partial charge in [0.1, 0.15) is 5.75 Å². The number of halogens is 5. The molecular formula is C26H33Cl2F3O3. The molecule has 0 aromatic heterocycles. The first kappa shape index (κ1) is 26.1. The fraction of sp³-hybridized carbons (Fsp3) is 0.692. The Morgan fingerprint density at radius 2 is 1.56 bits per heavy atom. The highest BCUT2D eigenvalue weighted by molar-refractivity contribution is 6.31. The van der Waals surface area contributed by atoms with E-state index in [1.54, 1.807) is 5.54 Å². The molecule has 1 aromatic rings. The van der Waals surface area contributed by atoms with Crippen LogP contribution in [-0.4, -0.2) is 26.1 Å². The molecule has 3 aliphatic rings. The molecule has 190 valence electrons. The molecule has 1 saturated heterocycles. The number of benzene rings is 1. The van der Waals surface area contributed by atoms with Crippen LogP contribution >= 0.6 is 23.2 Å². The maximum atomic E-state index is 12.9. The summed E-state index contributed by atoms with van der Waals surface area (Å²) in [4.78, 5) is 0. The third kappa shape index (κ3) is 6.83. The van der Waals surface area contributed by atoms with E-state index in [9.17, 15) is 13.2 Å². The molecule has 0 spiro atoms. The van der Waals surface area contributed by atoms with Crippen molar-refractivity contribution in [3.8, 4) is 5.75 Å². The van der Waals surface area contributed by atoms with Gasteiger partial charge >= 0.3 is 6.18 Å². The van der Waals surface area contributed by atoms with Crippen molar-refractivity contribution in [2.75, 3.05) is 19.8 Å². The Bertz CT molecular complexity index is 808. The quantitative estimate of drug-likeness (QED) is 0.379. The number of alkyl halides is 3. The predicted octanol–water partition coefficient (Wildman–Crippen LogP) is 8.09. The standard InChI is InChI=1S/C26H33Cl2F3O3/c27-12-11-17-1-5-19(6-2-17)21-15-33-25(34-16-21)20-7-3-18(4-8-20)14-32-22-9-10-23(24(28)13-22)26(29,30)31/h9-13,17-21,25H,1-8,14-16H2/b12-11+. The number of ether oxygens (including phenoxy) is 3. The van der Waals surface area contributed by atoms with Crippen molar-refractivity contribution in [1.29, 1.82) is 0 Å². The van der Waals surface area contributed by atoms with Crippen molar-refractivity contribution >= 4 is 23.2 Å². The van der Waals surface area contributed by atoms with Gasteiger partial charge in [0, 0.05) is 17.4 Å². The average Bonchev–Trinajstić information content (AvgIpc) is 2.83. The fourth-order valence-electron chi connectivity index (χ4n) is 5.65. The van der Waals surface area contributed by atoms with Gasteiger partial charge in [-0.25, -0.2) is 0 Å². The van der Waals surface area contributed by atoms with Gasteiger partial charge in [0.2, 0.25) is 0 Å². The van der Waals surface area contributed by atoms with Crippen LogP contribution in [0.1, 0.15) is 56.9 Å². The Balaban J connectivity index is 1.16. The number of rotatable bonds is 6. The molecule has 34 heavy (non-hydrogen) atoms. The molecule has 0 unspecified atom stereocenters. The van der Waals surface area contributed by atoms with Gasteiger partial charge in [-0.2, -0.15) is 13.2 Å². The van der Waals surface area contributed by atoms with Crippen LogP contribution < -0.4 is 4.74 Å². The molecule has 1 aromatic carbocycles. The summed E-state index contributed by atoms with van der Waals surface area (Å²) < 4.78 is 56.7. The Kier molecular flexibility index (Phi) is 9.11. The summed E-state index contributed by atoms with van der Waals surface area (Å²) >= 11 is 11.5. The van der Waals surface area contributed by atoms with E-state index >= 15 is 0 Å². The molecule has 0 amide bonds. The third-order valence-electron chi connectivity index (χ3n) is 7.79. The van der Waals surface area contributed by atoms with Crippen LogP contribution in [0.15, 0.2) is 29.8 Å². The Morgan fingerprint density at radius 1 is 0.912 bits per heavy atom. The lowest BCUT2D eigenvalue weighted by molar-refractivity contribution is -0.237. The minimum Gasteiger partial charge on any atom is -0.493 e. The van der Waals surface area contributed by atoms with E-state index < -0.39 is 11.7 Å². The summed E-state index contributed by atoms with van der Waals surface area (Å²) in [6.45, 7) is 2.04. The van der Waals surface area contributed by atoms with Crippen molar-refractivity contribution < 1.29 is 27.4 Å². The summed E-state index contributed by atoms with van der Waals surface area (Å²) in [5, 5.41) is -0.334. The van der Waals surface area contributed by atoms with Crippen molar-refractivity contribution in [1.82, 2.24) is 0 Å². The van der Waals surface area contributed by atoms with E-state index in [4.69, 9.17) is 37.4 Å². The highest BCUT2D eigenvalue weighted by Crippen LogP contribution is 2.40. The zero-order chi connectivity index (χ0) is 24.1. The van der Waals surface area contributed by atoms with E-state index in [2.05, 4.69) is 6.08 Å². The second kappa shape index (κ2) is 11.9. The molecule has 4 rings (SSSR count). The molecule has 3 fully saturated rings. The molecule has 0 radical (unpaired) electrons. The Hall–Kier alpha value is -0.950. The van der Waals surface area contributed by atoms with Crippen LogP contribution in [0.2, 0.25) is 5.02 Å². The van der Waals surface area contributed by atoms with Crippen molar-refractivity contribution in [3.63, 3.8) is 0 Å². The zero-order valence-electron chi connectivity index (χ0n) is 19.2. The molecule has 8 heteroatoms. The summed E-state index contributed by atoms with van der Waals surface area (Å²) in [5.41, 5.74) is 0.807. The van der Waals surface area contributed by atoms with Gasteiger partial charge in [0.25, 0.3) is 0 Å². The van der Waals surface area contributed by atoms with Crippen LogP contribution in [0.25, 0.3) is 0 Å². The first-order chi connectivity index (χ1) is 16.3. The van der Waals surface area contributed by atoms with E-state index in [0.717, 1.165) is 45.0 Å². The predicted molar refractivity (Wildman–Crippen MR) is 127 cm³/mol. The lowest BCUT2D eigenvalue weighted by atomic mass is 9.76. The van der Waals surface area contributed by atoms with Gasteiger partial charge in [0.05, 0.1) is 30.4 Å². The summed E-state index contributed by atoms with van der Waals surface area (Å²) in [6, 6.07) is 3.56. The maximum Gasteiger partial charge on any atom is 0.417 e. The van der Waals surface area contributed by atoms with Crippen LogP contribution in [0, 0.1) is 29.6 Å². The smallest absolute Gasteiger partial charge is 0.417 e.